The summed E-state index contributed by atoms with van der Waals surface area (Å²) in [5.74, 6) is -0.718. The lowest BCUT2D eigenvalue weighted by molar-refractivity contribution is -0.157. The molecule has 222 valence electrons. The van der Waals surface area contributed by atoms with Crippen molar-refractivity contribution in [2.24, 2.45) is 0 Å². The predicted octanol–water partition coefficient (Wildman–Crippen LogP) is 1.10. The third-order valence-electron chi connectivity index (χ3n) is 7.18. The minimum atomic E-state index is -1.97. The fourth-order valence-corrected chi connectivity index (χ4v) is 5.02. The molecule has 5 aromatic rings. The number of rotatable bonds is 8. The van der Waals surface area contributed by atoms with Gasteiger partial charge in [0, 0.05) is 30.9 Å². The number of nitrogens with two attached hydrogens (primary N) is 1. The summed E-state index contributed by atoms with van der Waals surface area (Å²) in [5.41, 5.74) is 4.81. The van der Waals surface area contributed by atoms with E-state index >= 15 is 0 Å². The van der Waals surface area contributed by atoms with Gasteiger partial charge in [0.2, 0.25) is 5.82 Å². The van der Waals surface area contributed by atoms with Crippen LogP contribution in [-0.2, 0) is 16.0 Å². The largest absolute Gasteiger partial charge is 0.507 e. The Hall–Kier alpha value is -5.85. The van der Waals surface area contributed by atoms with Gasteiger partial charge in [-0.2, -0.15) is 10.2 Å². The van der Waals surface area contributed by atoms with Crippen LogP contribution in [-0.4, -0.2) is 78.3 Å². The summed E-state index contributed by atoms with van der Waals surface area (Å²) in [6, 6.07) is 16.0. The number of nitrogen functional groups attached to an aromatic ring is 1. The van der Waals surface area contributed by atoms with E-state index in [9.17, 15) is 19.8 Å². The third-order valence-corrected chi connectivity index (χ3v) is 7.18. The second-order valence-electron chi connectivity index (χ2n) is 10.1. The molecule has 0 spiro atoms. The van der Waals surface area contributed by atoms with Gasteiger partial charge in [-0.05, 0) is 29.8 Å². The number of para-hydroxylation sites is 1. The van der Waals surface area contributed by atoms with Gasteiger partial charge in [0.25, 0.3) is 11.8 Å². The number of morpholine rings is 1. The molecule has 0 saturated carbocycles. The summed E-state index contributed by atoms with van der Waals surface area (Å²) in [5, 5.41) is 42.8. The van der Waals surface area contributed by atoms with Crippen molar-refractivity contribution in [3.63, 3.8) is 0 Å². The van der Waals surface area contributed by atoms with E-state index < -0.39 is 30.1 Å². The number of nitriles is 1. The second kappa shape index (κ2) is 11.4. The van der Waals surface area contributed by atoms with E-state index in [0.29, 0.717) is 22.4 Å². The van der Waals surface area contributed by atoms with Gasteiger partial charge in [0.05, 0.1) is 30.6 Å². The highest BCUT2D eigenvalue weighted by Gasteiger charge is 2.47. The van der Waals surface area contributed by atoms with Crippen molar-refractivity contribution < 1.29 is 29.1 Å². The average Bonchev–Trinajstić information content (AvgIpc) is 3.67. The number of aromatic nitrogens is 5. The van der Waals surface area contributed by atoms with Crippen molar-refractivity contribution in [3.8, 4) is 17.6 Å². The van der Waals surface area contributed by atoms with E-state index in [1.807, 2.05) is 6.07 Å². The number of nitrogens with one attached hydrogen (secondary N) is 1. The number of carbonyl (C=O) groups excluding carboxylic acids is 2. The molecule has 3 aromatic heterocycles. The van der Waals surface area contributed by atoms with Crippen molar-refractivity contribution in [2.45, 2.75) is 18.1 Å². The minimum absolute atomic E-state index is 0.000682. The highest BCUT2D eigenvalue weighted by atomic mass is 16.5. The highest BCUT2D eigenvalue weighted by molar-refractivity contribution is 5.98. The molecule has 2 aromatic carbocycles. The molecule has 0 bridgehead atoms. The Morgan fingerprint density at radius 1 is 1.20 bits per heavy atom. The van der Waals surface area contributed by atoms with Crippen LogP contribution < -0.4 is 16.0 Å². The van der Waals surface area contributed by atoms with Crippen LogP contribution >= 0.6 is 0 Å². The first-order valence-corrected chi connectivity index (χ1v) is 13.4. The van der Waals surface area contributed by atoms with Crippen molar-refractivity contribution in [1.29, 1.82) is 5.26 Å². The molecule has 1 fully saturated rings. The maximum Gasteiger partial charge on any atom is 0.260 e. The Morgan fingerprint density at radius 2 is 2.05 bits per heavy atom. The molecular weight excluding hydrogens is 570 g/mol. The summed E-state index contributed by atoms with van der Waals surface area (Å²) < 4.78 is 12.5. The summed E-state index contributed by atoms with van der Waals surface area (Å²) >= 11 is 0. The van der Waals surface area contributed by atoms with E-state index in [1.165, 1.54) is 27.9 Å². The van der Waals surface area contributed by atoms with Crippen LogP contribution in [0.1, 0.15) is 21.7 Å². The number of aliphatic hydroxyl groups is 1. The fraction of sp³-hybridized carbons (Fsp3) is 0.207. The first-order valence-electron chi connectivity index (χ1n) is 13.4. The SMILES string of the molecule is N#Cc1nccc(-n2ccc(N3CCO[C@H](C(O)(CNC(=O)c4ccccc4O)Cc4ccc5c(N)noc5c4)C3=O)n2)n1. The quantitative estimate of drug-likeness (QED) is 0.198. The molecule has 1 unspecified atom stereocenters. The maximum absolute atomic E-state index is 13.9. The van der Waals surface area contributed by atoms with Gasteiger partial charge in [-0.3, -0.25) is 14.5 Å². The minimum Gasteiger partial charge on any atom is -0.507 e. The van der Waals surface area contributed by atoms with Gasteiger partial charge < -0.3 is 30.5 Å². The maximum atomic E-state index is 13.9. The Balaban J connectivity index is 1.29. The Morgan fingerprint density at radius 3 is 2.86 bits per heavy atom. The van der Waals surface area contributed by atoms with Crippen LogP contribution in [0.4, 0.5) is 11.6 Å². The fourth-order valence-electron chi connectivity index (χ4n) is 5.02. The average molecular weight is 596 g/mol. The lowest BCUT2D eigenvalue weighted by Crippen LogP contribution is -2.63. The number of amides is 2. The van der Waals surface area contributed by atoms with Crippen LogP contribution in [0.2, 0.25) is 0 Å². The Kier molecular flexibility index (Phi) is 7.35. The third kappa shape index (κ3) is 5.38. The zero-order chi connectivity index (χ0) is 30.8. The number of benzene rings is 2. The summed E-state index contributed by atoms with van der Waals surface area (Å²) in [4.78, 5) is 36.2. The Labute approximate surface area is 249 Å². The number of ether oxygens (including phenoxy) is 1. The lowest BCUT2D eigenvalue weighted by Gasteiger charge is -2.40. The molecule has 0 aliphatic carbocycles. The Bertz CT molecular complexity index is 1910. The summed E-state index contributed by atoms with van der Waals surface area (Å²) in [6.07, 6.45) is 1.44. The number of aromatic hydroxyl groups is 1. The first kappa shape index (κ1) is 28.3. The van der Waals surface area contributed by atoms with E-state index in [2.05, 4.69) is 25.5 Å². The second-order valence-corrected chi connectivity index (χ2v) is 10.1. The van der Waals surface area contributed by atoms with Crippen LogP contribution in [0.25, 0.3) is 16.8 Å². The zero-order valence-corrected chi connectivity index (χ0v) is 23.0. The van der Waals surface area contributed by atoms with Crippen molar-refractivity contribution in [3.05, 3.63) is 83.9 Å². The smallest absolute Gasteiger partial charge is 0.260 e. The van der Waals surface area contributed by atoms with Gasteiger partial charge in [-0.15, -0.1) is 5.10 Å². The van der Waals surface area contributed by atoms with Crippen LogP contribution in [0.5, 0.6) is 5.75 Å². The van der Waals surface area contributed by atoms with E-state index in [1.54, 1.807) is 48.7 Å². The van der Waals surface area contributed by atoms with Gasteiger partial charge in [0.15, 0.2) is 29.1 Å². The molecule has 4 heterocycles. The van der Waals surface area contributed by atoms with Crippen LogP contribution in [0.15, 0.2) is 71.5 Å². The van der Waals surface area contributed by atoms with Crippen molar-refractivity contribution in [1.82, 2.24) is 30.2 Å². The highest BCUT2D eigenvalue weighted by Crippen LogP contribution is 2.29. The zero-order valence-electron chi connectivity index (χ0n) is 23.0. The van der Waals surface area contributed by atoms with E-state index in [-0.39, 0.29) is 48.3 Å². The van der Waals surface area contributed by atoms with Crippen molar-refractivity contribution >= 4 is 34.4 Å². The number of carbonyl (C=O) groups is 2. The lowest BCUT2D eigenvalue weighted by atomic mass is 9.86. The summed E-state index contributed by atoms with van der Waals surface area (Å²) in [6.45, 7) is -0.209. The molecule has 1 saturated heterocycles. The van der Waals surface area contributed by atoms with Gasteiger partial charge >= 0.3 is 0 Å². The molecule has 44 heavy (non-hydrogen) atoms. The molecule has 2 amide bonds. The monoisotopic (exact) mass is 595 g/mol. The number of phenols is 1. The standard InChI is InChI=1S/C29H25N9O6/c30-15-22-32-9-7-23(34-22)38-10-8-24(35-38)37-11-12-43-25(28(37)41)29(42,16-33-27(40)18-3-1-2-4-20(18)39)14-17-5-6-19-21(13-17)44-36-26(19)31/h1-10,13,25,39,42H,11-12,14,16H2,(H2,31,36)(H,33,40)/t25-,29?/m0/s1. The molecule has 15 heteroatoms. The number of anilines is 2. The van der Waals surface area contributed by atoms with Crippen LogP contribution in [0, 0.1) is 11.3 Å². The topological polar surface area (TPSA) is 219 Å². The molecule has 2 atom stereocenters. The molecule has 15 nitrogen and oxygen atoms in total. The molecule has 1 aliphatic rings. The van der Waals surface area contributed by atoms with Gasteiger partial charge in [-0.1, -0.05) is 23.4 Å². The number of fused-ring (bicyclic) bond motifs is 1. The molecular formula is C29H25N9O6. The molecule has 6 rings (SSSR count). The molecule has 1 aliphatic heterocycles. The number of hydrogen-bond donors (Lipinski definition) is 4. The number of nitrogens with zero attached hydrogens (tertiary/aromatic N) is 7. The number of phenolic OH excluding ortho intramolecular Hbond substituents is 1. The van der Waals surface area contributed by atoms with Gasteiger partial charge in [0.1, 0.15) is 17.4 Å². The van der Waals surface area contributed by atoms with Crippen LogP contribution in [0.3, 0.4) is 0 Å². The summed E-state index contributed by atoms with van der Waals surface area (Å²) in [7, 11) is 0. The van der Waals surface area contributed by atoms with E-state index in [4.69, 9.17) is 20.3 Å². The predicted molar refractivity (Wildman–Crippen MR) is 153 cm³/mol. The number of hydrogen-bond acceptors (Lipinski definition) is 12. The van der Waals surface area contributed by atoms with E-state index in [0.717, 1.165) is 0 Å². The first-order chi connectivity index (χ1) is 21.3. The molecule has 5 N–H and O–H groups in total. The normalized spacial score (nSPS) is 16.4. The van der Waals surface area contributed by atoms with Crippen molar-refractivity contribution in [2.75, 3.05) is 30.3 Å². The van der Waals surface area contributed by atoms with Gasteiger partial charge in [-0.25, -0.2) is 9.67 Å². The molecule has 0 radical (unpaired) electrons.